The first-order valence-electron chi connectivity index (χ1n) is 7.71. The zero-order valence-corrected chi connectivity index (χ0v) is 14.7. The summed E-state index contributed by atoms with van der Waals surface area (Å²) in [5, 5.41) is 9.37. The SMILES string of the molecule is CCCNC(=O)c1ccc(Cl)cc1NC(=O)C1CCCNC1.Cl. The fourth-order valence-electron chi connectivity index (χ4n) is 2.46. The van der Waals surface area contributed by atoms with Crippen LogP contribution in [0.3, 0.4) is 0 Å². The van der Waals surface area contributed by atoms with Crippen molar-refractivity contribution in [3.05, 3.63) is 28.8 Å². The molecule has 1 aromatic rings. The number of hydrogen-bond acceptors (Lipinski definition) is 3. The number of amides is 2. The number of benzene rings is 1. The number of carbonyl (C=O) groups excluding carboxylic acids is 2. The van der Waals surface area contributed by atoms with Gasteiger partial charge in [-0.15, -0.1) is 12.4 Å². The molecule has 1 aromatic carbocycles. The molecule has 1 fully saturated rings. The summed E-state index contributed by atoms with van der Waals surface area (Å²) in [5.74, 6) is -0.339. The molecule has 0 aromatic heterocycles. The van der Waals surface area contributed by atoms with Gasteiger partial charge < -0.3 is 16.0 Å². The van der Waals surface area contributed by atoms with Crippen LogP contribution in [0.15, 0.2) is 18.2 Å². The van der Waals surface area contributed by atoms with E-state index < -0.39 is 0 Å². The van der Waals surface area contributed by atoms with Gasteiger partial charge in [-0.3, -0.25) is 9.59 Å². The minimum atomic E-state index is -0.199. The number of carbonyl (C=O) groups is 2. The molecule has 23 heavy (non-hydrogen) atoms. The first-order chi connectivity index (χ1) is 10.6. The fraction of sp³-hybridized carbons (Fsp3) is 0.500. The predicted octanol–water partition coefficient (Wildman–Crippen LogP) is 2.84. The fourth-order valence-corrected chi connectivity index (χ4v) is 2.63. The Bertz CT molecular complexity index is 546. The maximum atomic E-state index is 12.3. The summed E-state index contributed by atoms with van der Waals surface area (Å²) in [4.78, 5) is 24.5. The lowest BCUT2D eigenvalue weighted by molar-refractivity contribution is -0.120. The molecule has 0 aliphatic carbocycles. The first-order valence-corrected chi connectivity index (χ1v) is 8.09. The van der Waals surface area contributed by atoms with E-state index in [1.807, 2.05) is 6.92 Å². The molecule has 3 N–H and O–H groups in total. The molecular formula is C16H23Cl2N3O2. The molecule has 128 valence electrons. The van der Waals surface area contributed by atoms with Gasteiger partial charge in [0, 0.05) is 18.1 Å². The molecule has 0 spiro atoms. The summed E-state index contributed by atoms with van der Waals surface area (Å²) in [7, 11) is 0. The Morgan fingerprint density at radius 2 is 2.17 bits per heavy atom. The third-order valence-electron chi connectivity index (χ3n) is 3.69. The van der Waals surface area contributed by atoms with E-state index in [-0.39, 0.29) is 30.1 Å². The van der Waals surface area contributed by atoms with Crippen LogP contribution in [0.2, 0.25) is 5.02 Å². The largest absolute Gasteiger partial charge is 0.352 e. The van der Waals surface area contributed by atoms with Crippen molar-refractivity contribution < 1.29 is 9.59 Å². The van der Waals surface area contributed by atoms with Crippen LogP contribution in [-0.4, -0.2) is 31.4 Å². The highest BCUT2D eigenvalue weighted by Gasteiger charge is 2.22. The van der Waals surface area contributed by atoms with Crippen molar-refractivity contribution in [2.45, 2.75) is 26.2 Å². The molecule has 1 aliphatic rings. The van der Waals surface area contributed by atoms with Crippen LogP contribution in [-0.2, 0) is 4.79 Å². The average Bonchev–Trinajstić information content (AvgIpc) is 2.53. The smallest absolute Gasteiger partial charge is 0.253 e. The number of piperidine rings is 1. The molecular weight excluding hydrogens is 337 g/mol. The summed E-state index contributed by atoms with van der Waals surface area (Å²) in [6.07, 6.45) is 2.70. The second-order valence-corrected chi connectivity index (χ2v) is 5.91. The summed E-state index contributed by atoms with van der Waals surface area (Å²) in [5.41, 5.74) is 0.909. The van der Waals surface area contributed by atoms with Crippen LogP contribution in [0, 0.1) is 5.92 Å². The van der Waals surface area contributed by atoms with E-state index in [9.17, 15) is 9.59 Å². The average molecular weight is 360 g/mol. The van der Waals surface area contributed by atoms with E-state index in [0.717, 1.165) is 25.8 Å². The molecule has 1 unspecified atom stereocenters. The Hall–Kier alpha value is -1.30. The van der Waals surface area contributed by atoms with Gasteiger partial charge in [0.05, 0.1) is 17.2 Å². The van der Waals surface area contributed by atoms with E-state index in [2.05, 4.69) is 16.0 Å². The van der Waals surface area contributed by atoms with Gasteiger partial charge in [-0.25, -0.2) is 0 Å². The standard InChI is InChI=1S/C16H22ClN3O2.ClH/c1-2-7-19-16(22)13-6-5-12(17)9-14(13)20-15(21)11-4-3-8-18-10-11;/h5-6,9,11,18H,2-4,7-8,10H2,1H3,(H,19,22)(H,20,21);1H. The number of nitrogens with one attached hydrogen (secondary N) is 3. The van der Waals surface area contributed by atoms with Crippen LogP contribution in [0.5, 0.6) is 0 Å². The van der Waals surface area contributed by atoms with Gasteiger partial charge in [-0.1, -0.05) is 18.5 Å². The van der Waals surface area contributed by atoms with Gasteiger partial charge in [0.25, 0.3) is 5.91 Å². The number of rotatable bonds is 5. The number of halogens is 2. The Kier molecular flexibility index (Phi) is 8.37. The van der Waals surface area contributed by atoms with Crippen molar-refractivity contribution in [3.63, 3.8) is 0 Å². The van der Waals surface area contributed by atoms with Crippen molar-refractivity contribution in [2.24, 2.45) is 5.92 Å². The van der Waals surface area contributed by atoms with Gasteiger partial charge in [0.2, 0.25) is 5.91 Å². The summed E-state index contributed by atoms with van der Waals surface area (Å²) < 4.78 is 0. The Balaban J connectivity index is 0.00000264. The Labute approximate surface area is 148 Å². The first kappa shape index (κ1) is 19.7. The molecule has 2 rings (SSSR count). The quantitative estimate of drug-likeness (QED) is 0.756. The number of hydrogen-bond donors (Lipinski definition) is 3. The van der Waals surface area contributed by atoms with Crippen molar-refractivity contribution in [1.82, 2.24) is 10.6 Å². The van der Waals surface area contributed by atoms with Crippen LogP contribution in [0.4, 0.5) is 5.69 Å². The molecule has 5 nitrogen and oxygen atoms in total. The number of anilines is 1. The van der Waals surface area contributed by atoms with Gasteiger partial charge in [0.1, 0.15) is 0 Å². The van der Waals surface area contributed by atoms with E-state index in [0.29, 0.717) is 29.4 Å². The third kappa shape index (κ3) is 5.68. The van der Waals surface area contributed by atoms with Crippen molar-refractivity contribution in [2.75, 3.05) is 25.0 Å². The Morgan fingerprint density at radius 1 is 1.39 bits per heavy atom. The van der Waals surface area contributed by atoms with Crippen molar-refractivity contribution in [3.8, 4) is 0 Å². The molecule has 2 amide bonds. The van der Waals surface area contributed by atoms with Gasteiger partial charge >= 0.3 is 0 Å². The molecule has 7 heteroatoms. The third-order valence-corrected chi connectivity index (χ3v) is 3.92. The van der Waals surface area contributed by atoms with E-state index in [1.54, 1.807) is 18.2 Å². The predicted molar refractivity (Wildman–Crippen MR) is 95.5 cm³/mol. The van der Waals surface area contributed by atoms with E-state index >= 15 is 0 Å². The van der Waals surface area contributed by atoms with Crippen LogP contribution in [0.1, 0.15) is 36.5 Å². The maximum Gasteiger partial charge on any atom is 0.253 e. The van der Waals surface area contributed by atoms with Crippen LogP contribution in [0.25, 0.3) is 0 Å². The van der Waals surface area contributed by atoms with Crippen LogP contribution < -0.4 is 16.0 Å². The van der Waals surface area contributed by atoms with Gasteiger partial charge in [-0.2, -0.15) is 0 Å². The van der Waals surface area contributed by atoms with Crippen LogP contribution >= 0.6 is 24.0 Å². The zero-order chi connectivity index (χ0) is 15.9. The highest BCUT2D eigenvalue weighted by molar-refractivity contribution is 6.31. The minimum absolute atomic E-state index is 0. The van der Waals surface area contributed by atoms with E-state index in [1.165, 1.54) is 0 Å². The second kappa shape index (κ2) is 9.75. The maximum absolute atomic E-state index is 12.3. The lowest BCUT2D eigenvalue weighted by Crippen LogP contribution is -2.37. The lowest BCUT2D eigenvalue weighted by atomic mass is 9.98. The summed E-state index contributed by atoms with van der Waals surface area (Å²) in [6.45, 7) is 4.21. The molecule has 1 aliphatic heterocycles. The Morgan fingerprint density at radius 3 is 2.83 bits per heavy atom. The molecule has 1 heterocycles. The minimum Gasteiger partial charge on any atom is -0.352 e. The van der Waals surface area contributed by atoms with Gasteiger partial charge in [0.15, 0.2) is 0 Å². The monoisotopic (exact) mass is 359 g/mol. The zero-order valence-electron chi connectivity index (χ0n) is 13.2. The van der Waals surface area contributed by atoms with Crippen molar-refractivity contribution in [1.29, 1.82) is 0 Å². The normalized spacial score (nSPS) is 17.0. The lowest BCUT2D eigenvalue weighted by Gasteiger charge is -2.22. The summed E-state index contributed by atoms with van der Waals surface area (Å²) in [6, 6.07) is 4.92. The molecule has 0 radical (unpaired) electrons. The van der Waals surface area contributed by atoms with Crippen molar-refractivity contribution >= 4 is 41.5 Å². The summed E-state index contributed by atoms with van der Waals surface area (Å²) >= 11 is 6.00. The molecule has 1 saturated heterocycles. The molecule has 0 saturated carbocycles. The highest BCUT2D eigenvalue weighted by Crippen LogP contribution is 2.23. The molecule has 0 bridgehead atoms. The molecule has 1 atom stereocenters. The second-order valence-electron chi connectivity index (χ2n) is 5.48. The van der Waals surface area contributed by atoms with E-state index in [4.69, 9.17) is 11.6 Å². The topological polar surface area (TPSA) is 70.2 Å². The highest BCUT2D eigenvalue weighted by atomic mass is 35.5. The van der Waals surface area contributed by atoms with Gasteiger partial charge in [-0.05, 0) is 44.0 Å².